The van der Waals surface area contributed by atoms with Gasteiger partial charge in [-0.25, -0.2) is 0 Å². The van der Waals surface area contributed by atoms with Crippen molar-refractivity contribution in [3.63, 3.8) is 0 Å². The summed E-state index contributed by atoms with van der Waals surface area (Å²) < 4.78 is 16.5. The van der Waals surface area contributed by atoms with E-state index in [4.69, 9.17) is 14.2 Å². The van der Waals surface area contributed by atoms with Gasteiger partial charge in [-0.3, -0.25) is 0 Å². The number of hydrogen-bond donors (Lipinski definition) is 0. The van der Waals surface area contributed by atoms with Gasteiger partial charge in [0.1, 0.15) is 17.2 Å². The van der Waals surface area contributed by atoms with E-state index in [0.29, 0.717) is 5.92 Å². The molecule has 0 amide bonds. The summed E-state index contributed by atoms with van der Waals surface area (Å²) in [5.74, 6) is 3.03. The van der Waals surface area contributed by atoms with Gasteiger partial charge in [-0.2, -0.15) is 0 Å². The van der Waals surface area contributed by atoms with Crippen LogP contribution in [0.1, 0.15) is 19.4 Å². The molecule has 2 rings (SSSR count). The average Bonchev–Trinajstić information content (AvgIpc) is 2.29. The van der Waals surface area contributed by atoms with Crippen molar-refractivity contribution in [1.29, 1.82) is 0 Å². The highest BCUT2D eigenvalue weighted by atomic mass is 16.5. The molecule has 2 atom stereocenters. The molecule has 0 fully saturated rings. The van der Waals surface area contributed by atoms with E-state index in [-0.39, 0.29) is 6.10 Å². The fraction of sp³-hybridized carbons (Fsp3) is 0.538. The predicted molar refractivity (Wildman–Crippen MR) is 62.5 cm³/mol. The first-order chi connectivity index (χ1) is 7.65. The highest BCUT2D eigenvalue weighted by molar-refractivity contribution is 5.51. The van der Waals surface area contributed by atoms with Crippen molar-refractivity contribution in [2.24, 2.45) is 5.92 Å². The quantitative estimate of drug-likeness (QED) is 0.770. The van der Waals surface area contributed by atoms with E-state index in [9.17, 15) is 0 Å². The topological polar surface area (TPSA) is 27.7 Å². The van der Waals surface area contributed by atoms with Gasteiger partial charge in [0.05, 0.1) is 20.3 Å². The normalized spacial score (nSPS) is 23.2. The van der Waals surface area contributed by atoms with Crippen LogP contribution in [0.5, 0.6) is 17.2 Å². The molecule has 88 valence electrons. The van der Waals surface area contributed by atoms with Gasteiger partial charge < -0.3 is 14.2 Å². The maximum absolute atomic E-state index is 5.87. The molecule has 0 saturated carbocycles. The van der Waals surface area contributed by atoms with Gasteiger partial charge in [0, 0.05) is 17.7 Å². The molecule has 1 aromatic carbocycles. The van der Waals surface area contributed by atoms with Gasteiger partial charge in [0.2, 0.25) is 0 Å². The second-order valence-electron chi connectivity index (χ2n) is 4.31. The van der Waals surface area contributed by atoms with Crippen LogP contribution in [0.3, 0.4) is 0 Å². The molecule has 0 aliphatic carbocycles. The number of benzene rings is 1. The number of methoxy groups -OCH3 is 2. The summed E-state index contributed by atoms with van der Waals surface area (Å²) in [7, 11) is 3.33. The van der Waals surface area contributed by atoms with E-state index in [2.05, 4.69) is 13.8 Å². The highest BCUT2D eigenvalue weighted by Gasteiger charge is 2.26. The van der Waals surface area contributed by atoms with Crippen LogP contribution in [0.25, 0.3) is 0 Å². The van der Waals surface area contributed by atoms with Crippen molar-refractivity contribution in [1.82, 2.24) is 0 Å². The first-order valence-corrected chi connectivity index (χ1v) is 5.57. The summed E-state index contributed by atoms with van der Waals surface area (Å²) in [6.07, 6.45) is 1.23. The van der Waals surface area contributed by atoms with E-state index in [0.717, 1.165) is 29.2 Å². The fourth-order valence-corrected chi connectivity index (χ4v) is 2.01. The van der Waals surface area contributed by atoms with Crippen LogP contribution in [0.4, 0.5) is 0 Å². The zero-order valence-corrected chi connectivity index (χ0v) is 10.2. The van der Waals surface area contributed by atoms with Crippen molar-refractivity contribution in [2.45, 2.75) is 26.4 Å². The monoisotopic (exact) mass is 222 g/mol. The van der Waals surface area contributed by atoms with Crippen molar-refractivity contribution in [3.05, 3.63) is 17.7 Å². The summed E-state index contributed by atoms with van der Waals surface area (Å²) >= 11 is 0. The Kier molecular flexibility index (Phi) is 2.95. The molecule has 0 aromatic heterocycles. The van der Waals surface area contributed by atoms with Crippen LogP contribution in [0, 0.1) is 5.92 Å². The summed E-state index contributed by atoms with van der Waals surface area (Å²) in [6.45, 7) is 4.29. The van der Waals surface area contributed by atoms with Crippen LogP contribution in [-0.2, 0) is 6.42 Å². The molecule has 1 aliphatic rings. The largest absolute Gasteiger partial charge is 0.496 e. The summed E-state index contributed by atoms with van der Waals surface area (Å²) in [4.78, 5) is 0. The molecular weight excluding hydrogens is 204 g/mol. The predicted octanol–water partition coefficient (Wildman–Crippen LogP) is 2.66. The Balaban J connectivity index is 2.46. The Hall–Kier alpha value is -1.38. The third-order valence-corrected chi connectivity index (χ3v) is 3.24. The van der Waals surface area contributed by atoms with E-state index >= 15 is 0 Å². The van der Waals surface area contributed by atoms with Crippen LogP contribution >= 0.6 is 0 Å². The van der Waals surface area contributed by atoms with Crippen LogP contribution < -0.4 is 14.2 Å². The van der Waals surface area contributed by atoms with Gasteiger partial charge in [-0.1, -0.05) is 6.92 Å². The van der Waals surface area contributed by atoms with E-state index < -0.39 is 0 Å². The number of fused-ring (bicyclic) bond motifs is 1. The molecule has 0 spiro atoms. The van der Waals surface area contributed by atoms with Crippen molar-refractivity contribution in [3.8, 4) is 17.2 Å². The van der Waals surface area contributed by atoms with Crippen molar-refractivity contribution < 1.29 is 14.2 Å². The Morgan fingerprint density at radius 2 is 1.94 bits per heavy atom. The minimum Gasteiger partial charge on any atom is -0.496 e. The summed E-state index contributed by atoms with van der Waals surface area (Å²) in [5, 5.41) is 0. The standard InChI is InChI=1S/C13H18O3/c1-8-5-11-12(15-4)6-10(14-3)7-13(11)16-9(8)2/h6-9H,5H2,1-4H3. The van der Waals surface area contributed by atoms with E-state index in [1.54, 1.807) is 14.2 Å². The molecule has 1 heterocycles. The van der Waals surface area contributed by atoms with Gasteiger partial charge in [-0.05, 0) is 19.3 Å². The molecule has 3 heteroatoms. The molecule has 1 aromatic rings. The van der Waals surface area contributed by atoms with Crippen molar-refractivity contribution >= 4 is 0 Å². The number of rotatable bonds is 2. The maximum Gasteiger partial charge on any atom is 0.130 e. The van der Waals surface area contributed by atoms with Gasteiger partial charge in [0.15, 0.2) is 0 Å². The van der Waals surface area contributed by atoms with Crippen LogP contribution in [0.2, 0.25) is 0 Å². The fourth-order valence-electron chi connectivity index (χ4n) is 2.01. The molecule has 2 unspecified atom stereocenters. The molecular formula is C13H18O3. The Labute approximate surface area is 96.3 Å². The molecule has 0 N–H and O–H groups in total. The lowest BCUT2D eigenvalue weighted by Crippen LogP contribution is -2.28. The van der Waals surface area contributed by atoms with Gasteiger partial charge >= 0.3 is 0 Å². The Morgan fingerprint density at radius 1 is 1.19 bits per heavy atom. The second-order valence-corrected chi connectivity index (χ2v) is 4.31. The smallest absolute Gasteiger partial charge is 0.130 e. The number of hydrogen-bond acceptors (Lipinski definition) is 3. The summed E-state index contributed by atoms with van der Waals surface area (Å²) in [5.41, 5.74) is 1.15. The summed E-state index contributed by atoms with van der Waals surface area (Å²) in [6, 6.07) is 3.84. The Morgan fingerprint density at radius 3 is 2.56 bits per heavy atom. The first-order valence-electron chi connectivity index (χ1n) is 5.57. The second kappa shape index (κ2) is 4.24. The molecule has 16 heavy (non-hydrogen) atoms. The highest BCUT2D eigenvalue weighted by Crippen LogP contribution is 2.40. The van der Waals surface area contributed by atoms with Crippen molar-refractivity contribution in [2.75, 3.05) is 14.2 Å². The maximum atomic E-state index is 5.87. The molecule has 0 bridgehead atoms. The van der Waals surface area contributed by atoms with E-state index in [1.165, 1.54) is 0 Å². The van der Waals surface area contributed by atoms with Gasteiger partial charge in [-0.15, -0.1) is 0 Å². The number of ether oxygens (including phenoxy) is 3. The molecule has 3 nitrogen and oxygen atoms in total. The van der Waals surface area contributed by atoms with Crippen LogP contribution in [0.15, 0.2) is 12.1 Å². The molecule has 0 saturated heterocycles. The zero-order chi connectivity index (χ0) is 11.7. The minimum absolute atomic E-state index is 0.240. The lowest BCUT2D eigenvalue weighted by Gasteiger charge is -2.30. The average molecular weight is 222 g/mol. The van der Waals surface area contributed by atoms with Crippen LogP contribution in [-0.4, -0.2) is 20.3 Å². The third-order valence-electron chi connectivity index (χ3n) is 3.24. The first kappa shape index (κ1) is 11.1. The molecule has 0 radical (unpaired) electrons. The lowest BCUT2D eigenvalue weighted by atomic mass is 9.92. The van der Waals surface area contributed by atoms with Gasteiger partial charge in [0.25, 0.3) is 0 Å². The Bertz CT molecular complexity index is 387. The lowest BCUT2D eigenvalue weighted by molar-refractivity contribution is 0.137. The zero-order valence-electron chi connectivity index (χ0n) is 10.2. The van der Waals surface area contributed by atoms with E-state index in [1.807, 2.05) is 12.1 Å². The molecule has 1 aliphatic heterocycles. The minimum atomic E-state index is 0.240. The third kappa shape index (κ3) is 1.82. The SMILES string of the molecule is COc1cc(OC)c2c(c1)OC(C)C(C)C2.